The van der Waals surface area contributed by atoms with Gasteiger partial charge in [-0.1, -0.05) is 19.3 Å². The molecule has 2 aromatic heterocycles. The van der Waals surface area contributed by atoms with Crippen molar-refractivity contribution in [2.75, 3.05) is 14.2 Å². The molecule has 1 amide bonds. The molecule has 0 unspecified atom stereocenters. The van der Waals surface area contributed by atoms with Crippen molar-refractivity contribution in [2.45, 2.75) is 38.0 Å². The Morgan fingerprint density at radius 1 is 1.35 bits per heavy atom. The minimum Gasteiger partial charge on any atom is -0.274 e. The van der Waals surface area contributed by atoms with E-state index in [4.69, 9.17) is 9.82 Å². The van der Waals surface area contributed by atoms with Crippen molar-refractivity contribution >= 4 is 17.2 Å². The third-order valence-electron chi connectivity index (χ3n) is 4.31. The first kappa shape index (κ1) is 16.1. The number of amides is 1. The first-order valence-corrected chi connectivity index (χ1v) is 8.75. The van der Waals surface area contributed by atoms with Crippen LogP contribution in [0.2, 0.25) is 0 Å². The van der Waals surface area contributed by atoms with Gasteiger partial charge in [0.05, 0.1) is 12.8 Å². The maximum atomic E-state index is 12.6. The maximum absolute atomic E-state index is 12.6. The van der Waals surface area contributed by atoms with Gasteiger partial charge in [0, 0.05) is 30.9 Å². The van der Waals surface area contributed by atoms with Crippen LogP contribution in [0.15, 0.2) is 24.5 Å². The molecule has 0 aliphatic heterocycles. The van der Waals surface area contributed by atoms with Crippen LogP contribution < -0.4 is 0 Å². The number of carbonyl (C=O) groups excluding carboxylic acids is 1. The lowest BCUT2D eigenvalue weighted by molar-refractivity contribution is -0.0754. The topological polar surface area (TPSA) is 55.3 Å². The van der Waals surface area contributed by atoms with Crippen LogP contribution in [0.3, 0.4) is 0 Å². The summed E-state index contributed by atoms with van der Waals surface area (Å²) in [4.78, 5) is 27.4. The van der Waals surface area contributed by atoms with Crippen LogP contribution in [0.25, 0.3) is 10.6 Å². The van der Waals surface area contributed by atoms with Crippen molar-refractivity contribution in [1.82, 2.24) is 15.0 Å². The van der Waals surface area contributed by atoms with Crippen LogP contribution >= 0.6 is 11.3 Å². The van der Waals surface area contributed by atoms with Crippen LogP contribution in [-0.2, 0) is 4.84 Å². The SMILES string of the molecule is CON(C)C(=O)c1sc(-c2cccnc2)nc1C1CCCCC1. The Morgan fingerprint density at radius 2 is 2.13 bits per heavy atom. The number of hydrogen-bond donors (Lipinski definition) is 0. The second kappa shape index (κ2) is 7.19. The monoisotopic (exact) mass is 331 g/mol. The molecule has 0 radical (unpaired) electrons. The van der Waals surface area contributed by atoms with Crippen molar-refractivity contribution in [3.05, 3.63) is 35.1 Å². The lowest BCUT2D eigenvalue weighted by Crippen LogP contribution is -2.26. The first-order chi connectivity index (χ1) is 11.2. The van der Waals surface area contributed by atoms with E-state index in [2.05, 4.69) is 4.98 Å². The van der Waals surface area contributed by atoms with Gasteiger partial charge in [0.2, 0.25) is 0 Å². The van der Waals surface area contributed by atoms with E-state index in [1.165, 1.54) is 42.8 Å². The lowest BCUT2D eigenvalue weighted by atomic mass is 9.86. The summed E-state index contributed by atoms with van der Waals surface area (Å²) in [6.07, 6.45) is 9.43. The van der Waals surface area contributed by atoms with Crippen LogP contribution in [0, 0.1) is 0 Å². The smallest absolute Gasteiger partial charge is 0.274 e. The summed E-state index contributed by atoms with van der Waals surface area (Å²) in [7, 11) is 3.14. The zero-order valence-electron chi connectivity index (χ0n) is 13.5. The molecule has 0 aromatic carbocycles. The molecule has 1 aliphatic carbocycles. The molecule has 0 bridgehead atoms. The Labute approximate surface area is 140 Å². The predicted molar refractivity (Wildman–Crippen MR) is 90.3 cm³/mol. The van der Waals surface area contributed by atoms with Gasteiger partial charge >= 0.3 is 0 Å². The molecule has 23 heavy (non-hydrogen) atoms. The van der Waals surface area contributed by atoms with Crippen LogP contribution in [0.5, 0.6) is 0 Å². The van der Waals surface area contributed by atoms with E-state index in [-0.39, 0.29) is 5.91 Å². The molecule has 5 nitrogen and oxygen atoms in total. The molecule has 6 heteroatoms. The fraction of sp³-hybridized carbons (Fsp3) is 0.471. The van der Waals surface area contributed by atoms with Gasteiger partial charge in [0.15, 0.2) is 0 Å². The lowest BCUT2D eigenvalue weighted by Gasteiger charge is -2.21. The Bertz CT molecular complexity index is 666. The normalized spacial score (nSPS) is 15.6. The van der Waals surface area contributed by atoms with E-state index in [1.807, 2.05) is 12.1 Å². The number of thiazole rings is 1. The summed E-state index contributed by atoms with van der Waals surface area (Å²) in [6.45, 7) is 0. The second-order valence-electron chi connectivity index (χ2n) is 5.80. The minimum absolute atomic E-state index is 0.124. The van der Waals surface area contributed by atoms with Crippen molar-refractivity contribution in [2.24, 2.45) is 0 Å². The third kappa shape index (κ3) is 3.43. The van der Waals surface area contributed by atoms with E-state index >= 15 is 0 Å². The molecule has 0 N–H and O–H groups in total. The molecule has 1 saturated carbocycles. The summed E-state index contributed by atoms with van der Waals surface area (Å²) in [5.41, 5.74) is 1.89. The molecule has 0 spiro atoms. The molecule has 3 rings (SSSR count). The highest BCUT2D eigenvalue weighted by atomic mass is 32.1. The van der Waals surface area contributed by atoms with E-state index in [9.17, 15) is 4.79 Å². The summed E-state index contributed by atoms with van der Waals surface area (Å²) in [5.74, 6) is 0.246. The molecule has 0 saturated heterocycles. The van der Waals surface area contributed by atoms with Gasteiger partial charge in [-0.2, -0.15) is 0 Å². The zero-order valence-corrected chi connectivity index (χ0v) is 14.3. The quantitative estimate of drug-likeness (QED) is 0.798. The number of hydrogen-bond acceptors (Lipinski definition) is 5. The second-order valence-corrected chi connectivity index (χ2v) is 6.79. The number of hydroxylamine groups is 2. The third-order valence-corrected chi connectivity index (χ3v) is 5.42. The minimum atomic E-state index is -0.124. The molecule has 2 aromatic rings. The fourth-order valence-electron chi connectivity index (χ4n) is 2.98. The number of rotatable bonds is 4. The Hall–Kier alpha value is -1.79. The van der Waals surface area contributed by atoms with Crippen LogP contribution in [-0.4, -0.2) is 35.1 Å². The summed E-state index contributed by atoms with van der Waals surface area (Å²) >= 11 is 1.44. The molecule has 122 valence electrons. The van der Waals surface area contributed by atoms with Gasteiger partial charge in [0.1, 0.15) is 9.88 Å². The summed E-state index contributed by atoms with van der Waals surface area (Å²) in [6, 6.07) is 3.87. The Kier molecular flexibility index (Phi) is 5.03. The van der Waals surface area contributed by atoms with Crippen LogP contribution in [0.1, 0.15) is 53.4 Å². The van der Waals surface area contributed by atoms with Crippen molar-refractivity contribution in [3.63, 3.8) is 0 Å². The highest BCUT2D eigenvalue weighted by Crippen LogP contribution is 2.38. The van der Waals surface area contributed by atoms with Crippen molar-refractivity contribution in [1.29, 1.82) is 0 Å². The zero-order chi connectivity index (χ0) is 16.2. The molecule has 1 aliphatic rings. The summed E-state index contributed by atoms with van der Waals surface area (Å²) < 4.78 is 0. The highest BCUT2D eigenvalue weighted by molar-refractivity contribution is 7.17. The van der Waals surface area contributed by atoms with E-state index < -0.39 is 0 Å². The number of nitrogens with zero attached hydrogens (tertiary/aromatic N) is 3. The highest BCUT2D eigenvalue weighted by Gasteiger charge is 2.28. The van der Waals surface area contributed by atoms with Gasteiger partial charge in [-0.15, -0.1) is 11.3 Å². The summed E-state index contributed by atoms with van der Waals surface area (Å²) in [5, 5.41) is 2.12. The maximum Gasteiger partial charge on any atom is 0.289 e. The molecule has 0 atom stereocenters. The average Bonchev–Trinajstić information content (AvgIpc) is 3.07. The van der Waals surface area contributed by atoms with Gasteiger partial charge in [0.25, 0.3) is 5.91 Å². The predicted octanol–water partition coefficient (Wildman–Crippen LogP) is 3.89. The van der Waals surface area contributed by atoms with E-state index in [0.717, 1.165) is 29.1 Å². The first-order valence-electron chi connectivity index (χ1n) is 7.94. The number of carbonyl (C=O) groups is 1. The van der Waals surface area contributed by atoms with Crippen molar-refractivity contribution in [3.8, 4) is 10.6 Å². The number of aromatic nitrogens is 2. The average molecular weight is 331 g/mol. The Balaban J connectivity index is 2.01. The largest absolute Gasteiger partial charge is 0.289 e. The van der Waals surface area contributed by atoms with Gasteiger partial charge in [-0.25, -0.2) is 10.0 Å². The number of pyridine rings is 1. The van der Waals surface area contributed by atoms with Crippen molar-refractivity contribution < 1.29 is 9.63 Å². The Morgan fingerprint density at radius 3 is 2.78 bits per heavy atom. The van der Waals surface area contributed by atoms with Gasteiger partial charge in [-0.05, 0) is 25.0 Å². The van der Waals surface area contributed by atoms with Gasteiger partial charge < -0.3 is 0 Å². The fourth-order valence-corrected chi connectivity index (χ4v) is 4.09. The molecule has 1 fully saturated rings. The van der Waals surface area contributed by atoms with Crippen LogP contribution in [0.4, 0.5) is 0 Å². The standard InChI is InChI=1S/C17H21N3O2S/c1-20(22-2)17(21)15-14(12-7-4-3-5-8-12)19-16(23-15)13-9-6-10-18-11-13/h6,9-12H,3-5,7-8H2,1-2H3. The molecule has 2 heterocycles. The van der Waals surface area contributed by atoms with E-state index in [0.29, 0.717) is 10.8 Å². The molecular weight excluding hydrogens is 310 g/mol. The van der Waals surface area contributed by atoms with Gasteiger partial charge in [-0.3, -0.25) is 14.6 Å². The molecular formula is C17H21N3O2S. The van der Waals surface area contributed by atoms with E-state index in [1.54, 1.807) is 19.4 Å².